The fourth-order valence-corrected chi connectivity index (χ4v) is 2.18. The number of benzene rings is 1. The first-order valence-electron chi connectivity index (χ1n) is 5.69. The van der Waals surface area contributed by atoms with Crippen LogP contribution < -0.4 is 5.32 Å². The molecule has 0 radical (unpaired) electrons. The molecule has 16 heavy (non-hydrogen) atoms. The Bertz CT molecular complexity index is 485. The van der Waals surface area contributed by atoms with Crippen molar-refractivity contribution in [2.45, 2.75) is 31.5 Å². The van der Waals surface area contributed by atoms with Crippen LogP contribution in [0.2, 0.25) is 0 Å². The Morgan fingerprint density at radius 2 is 2.12 bits per heavy atom. The second kappa shape index (κ2) is 3.92. The summed E-state index contributed by atoms with van der Waals surface area (Å²) in [6, 6.07) is 8.51. The monoisotopic (exact) mass is 217 g/mol. The molecule has 0 spiro atoms. The Labute approximate surface area is 94.1 Å². The molecule has 1 fully saturated rings. The van der Waals surface area contributed by atoms with Crippen molar-refractivity contribution in [2.75, 3.05) is 0 Å². The van der Waals surface area contributed by atoms with Crippen molar-refractivity contribution >= 4 is 11.0 Å². The first-order valence-corrected chi connectivity index (χ1v) is 5.69. The number of hydrogen-bond acceptors (Lipinski definition) is 3. The SMILES string of the molecule is OC1CC(NCc2coc3ccccc23)C1. The maximum absolute atomic E-state index is 9.19. The van der Waals surface area contributed by atoms with Crippen molar-refractivity contribution in [1.29, 1.82) is 0 Å². The van der Waals surface area contributed by atoms with Crippen LogP contribution in [0.5, 0.6) is 0 Å². The predicted molar refractivity (Wildman–Crippen MR) is 62.1 cm³/mol. The third-order valence-electron chi connectivity index (χ3n) is 3.26. The zero-order valence-electron chi connectivity index (χ0n) is 9.02. The summed E-state index contributed by atoms with van der Waals surface area (Å²) in [5.41, 5.74) is 2.13. The van der Waals surface area contributed by atoms with E-state index in [0.717, 1.165) is 25.0 Å². The molecule has 3 heteroatoms. The van der Waals surface area contributed by atoms with E-state index in [0.29, 0.717) is 6.04 Å². The summed E-state index contributed by atoms with van der Waals surface area (Å²) in [5, 5.41) is 13.8. The van der Waals surface area contributed by atoms with Gasteiger partial charge >= 0.3 is 0 Å². The molecule has 1 aromatic heterocycles. The third-order valence-corrected chi connectivity index (χ3v) is 3.26. The lowest BCUT2D eigenvalue weighted by atomic mass is 9.89. The summed E-state index contributed by atoms with van der Waals surface area (Å²) in [5.74, 6) is 0. The van der Waals surface area contributed by atoms with Gasteiger partial charge in [-0.15, -0.1) is 0 Å². The van der Waals surface area contributed by atoms with Crippen molar-refractivity contribution in [3.8, 4) is 0 Å². The van der Waals surface area contributed by atoms with E-state index in [4.69, 9.17) is 4.42 Å². The number of para-hydroxylation sites is 1. The number of hydrogen-bond donors (Lipinski definition) is 2. The Morgan fingerprint density at radius 3 is 2.94 bits per heavy atom. The second-order valence-corrected chi connectivity index (χ2v) is 4.46. The fraction of sp³-hybridized carbons (Fsp3) is 0.385. The average Bonchev–Trinajstić information content (AvgIpc) is 2.66. The number of rotatable bonds is 3. The zero-order valence-corrected chi connectivity index (χ0v) is 9.02. The summed E-state index contributed by atoms with van der Waals surface area (Å²) in [7, 11) is 0. The van der Waals surface area contributed by atoms with Crippen LogP contribution in [0.1, 0.15) is 18.4 Å². The topological polar surface area (TPSA) is 45.4 Å². The van der Waals surface area contributed by atoms with Gasteiger partial charge in [-0.3, -0.25) is 0 Å². The fourth-order valence-electron chi connectivity index (χ4n) is 2.18. The van der Waals surface area contributed by atoms with Gasteiger partial charge in [-0.2, -0.15) is 0 Å². The maximum atomic E-state index is 9.19. The van der Waals surface area contributed by atoms with Gasteiger partial charge in [-0.05, 0) is 18.9 Å². The van der Waals surface area contributed by atoms with E-state index in [1.54, 1.807) is 0 Å². The molecule has 1 saturated carbocycles. The zero-order chi connectivity index (χ0) is 11.0. The number of aliphatic hydroxyl groups excluding tert-OH is 1. The molecule has 84 valence electrons. The van der Waals surface area contributed by atoms with Gasteiger partial charge in [-0.25, -0.2) is 0 Å². The van der Waals surface area contributed by atoms with Gasteiger partial charge < -0.3 is 14.8 Å². The van der Waals surface area contributed by atoms with E-state index in [9.17, 15) is 5.11 Å². The normalized spacial score (nSPS) is 24.6. The van der Waals surface area contributed by atoms with Crippen molar-refractivity contribution < 1.29 is 9.52 Å². The Kier molecular flexibility index (Phi) is 2.42. The molecule has 0 atom stereocenters. The summed E-state index contributed by atoms with van der Waals surface area (Å²) < 4.78 is 5.46. The molecule has 2 aromatic rings. The van der Waals surface area contributed by atoms with Gasteiger partial charge in [-0.1, -0.05) is 18.2 Å². The van der Waals surface area contributed by atoms with Crippen molar-refractivity contribution in [3.63, 3.8) is 0 Å². The van der Waals surface area contributed by atoms with Crippen LogP contribution in [0.4, 0.5) is 0 Å². The van der Waals surface area contributed by atoms with Crippen LogP contribution in [-0.2, 0) is 6.54 Å². The van der Waals surface area contributed by atoms with E-state index in [-0.39, 0.29) is 6.10 Å². The van der Waals surface area contributed by atoms with Gasteiger partial charge in [0.05, 0.1) is 12.4 Å². The lowest BCUT2D eigenvalue weighted by molar-refractivity contribution is 0.0619. The number of aliphatic hydroxyl groups is 1. The van der Waals surface area contributed by atoms with Crippen LogP contribution in [0.25, 0.3) is 11.0 Å². The summed E-state index contributed by atoms with van der Waals surface area (Å²) >= 11 is 0. The van der Waals surface area contributed by atoms with E-state index < -0.39 is 0 Å². The van der Waals surface area contributed by atoms with Crippen molar-refractivity contribution in [3.05, 3.63) is 36.1 Å². The molecule has 0 aliphatic heterocycles. The number of furan rings is 1. The quantitative estimate of drug-likeness (QED) is 0.827. The molecule has 1 heterocycles. The molecule has 3 nitrogen and oxygen atoms in total. The van der Waals surface area contributed by atoms with E-state index in [2.05, 4.69) is 11.4 Å². The maximum Gasteiger partial charge on any atom is 0.134 e. The molecule has 1 aliphatic rings. The standard InChI is InChI=1S/C13H15NO2/c15-11-5-10(6-11)14-7-9-8-16-13-4-2-1-3-12(9)13/h1-4,8,10-11,14-15H,5-7H2. The molecular weight excluding hydrogens is 202 g/mol. The van der Waals surface area contributed by atoms with Gasteiger partial charge in [0.15, 0.2) is 0 Å². The smallest absolute Gasteiger partial charge is 0.134 e. The molecule has 0 unspecified atom stereocenters. The van der Waals surface area contributed by atoms with Crippen LogP contribution in [0, 0.1) is 0 Å². The van der Waals surface area contributed by atoms with E-state index >= 15 is 0 Å². The van der Waals surface area contributed by atoms with Gasteiger partial charge in [0.1, 0.15) is 5.58 Å². The van der Waals surface area contributed by atoms with E-state index in [1.807, 2.05) is 24.5 Å². The Morgan fingerprint density at radius 1 is 1.31 bits per heavy atom. The summed E-state index contributed by atoms with van der Waals surface area (Å²) in [6.45, 7) is 0.814. The lowest BCUT2D eigenvalue weighted by Crippen LogP contribution is -2.43. The molecule has 0 saturated heterocycles. The molecule has 2 N–H and O–H groups in total. The highest BCUT2D eigenvalue weighted by Crippen LogP contribution is 2.23. The number of nitrogens with one attached hydrogen (secondary N) is 1. The molecule has 1 aliphatic carbocycles. The van der Waals surface area contributed by atoms with Gasteiger partial charge in [0.2, 0.25) is 0 Å². The highest BCUT2D eigenvalue weighted by atomic mass is 16.3. The van der Waals surface area contributed by atoms with Crippen LogP contribution in [-0.4, -0.2) is 17.3 Å². The summed E-state index contributed by atoms with van der Waals surface area (Å²) in [4.78, 5) is 0. The van der Waals surface area contributed by atoms with Crippen molar-refractivity contribution in [1.82, 2.24) is 5.32 Å². The minimum atomic E-state index is -0.0985. The molecule has 3 rings (SSSR count). The van der Waals surface area contributed by atoms with Crippen LogP contribution in [0.3, 0.4) is 0 Å². The van der Waals surface area contributed by atoms with Crippen LogP contribution in [0.15, 0.2) is 34.9 Å². The minimum absolute atomic E-state index is 0.0985. The van der Waals surface area contributed by atoms with E-state index in [1.165, 1.54) is 10.9 Å². The predicted octanol–water partition coefficient (Wildman–Crippen LogP) is 2.05. The minimum Gasteiger partial charge on any atom is -0.464 e. The Balaban J connectivity index is 1.70. The summed E-state index contributed by atoms with van der Waals surface area (Å²) in [6.07, 6.45) is 3.46. The largest absolute Gasteiger partial charge is 0.464 e. The third kappa shape index (κ3) is 1.72. The molecule has 1 aromatic carbocycles. The molecule has 0 amide bonds. The van der Waals surface area contributed by atoms with Crippen molar-refractivity contribution in [2.24, 2.45) is 0 Å². The first-order chi connectivity index (χ1) is 7.83. The van der Waals surface area contributed by atoms with Gasteiger partial charge in [0, 0.05) is 23.5 Å². The highest BCUT2D eigenvalue weighted by Gasteiger charge is 2.26. The van der Waals surface area contributed by atoms with Crippen LogP contribution >= 0.6 is 0 Å². The average molecular weight is 217 g/mol. The Hall–Kier alpha value is -1.32. The lowest BCUT2D eigenvalue weighted by Gasteiger charge is -2.32. The first kappa shape index (κ1) is 9.87. The number of fused-ring (bicyclic) bond motifs is 1. The second-order valence-electron chi connectivity index (χ2n) is 4.46. The highest BCUT2D eigenvalue weighted by molar-refractivity contribution is 5.80. The molecule has 0 bridgehead atoms. The molecular formula is C13H15NO2. The van der Waals surface area contributed by atoms with Gasteiger partial charge in [0.25, 0.3) is 0 Å².